The lowest BCUT2D eigenvalue weighted by Crippen LogP contribution is -2.15. The van der Waals surface area contributed by atoms with Crippen LogP contribution in [0.2, 0.25) is 0 Å². The smallest absolute Gasteiger partial charge is 0.0239 e. The summed E-state index contributed by atoms with van der Waals surface area (Å²) in [6.07, 6.45) is 0. The highest BCUT2D eigenvalue weighted by atomic mass is 14.4. The van der Waals surface area contributed by atoms with Crippen LogP contribution >= 0.6 is 0 Å². The summed E-state index contributed by atoms with van der Waals surface area (Å²) < 4.78 is 150. The highest BCUT2D eigenvalue weighted by Gasteiger charge is 2.36. The Morgan fingerprint density at radius 2 is 0.709 bits per heavy atom. The fraction of sp³-hybridized carbons (Fsp3) is 0.200. The Morgan fingerprint density at radius 1 is 0.364 bits per heavy atom. The van der Waals surface area contributed by atoms with Gasteiger partial charge in [0.25, 0.3) is 0 Å². The molecule has 0 atom stereocenters. The monoisotopic (exact) mass is 724 g/mol. The molecular weight excluding hydrogens is 661 g/mol. The van der Waals surface area contributed by atoms with Crippen LogP contribution in [0.15, 0.2) is 133 Å². The fourth-order valence-electron chi connectivity index (χ4n) is 9.65. The predicted octanol–water partition coefficient (Wildman–Crippen LogP) is 15.7. The van der Waals surface area contributed by atoms with Crippen molar-refractivity contribution in [2.75, 3.05) is 0 Å². The van der Waals surface area contributed by atoms with Crippen LogP contribution in [0.5, 0.6) is 0 Å². The molecule has 266 valence electrons. The van der Waals surface area contributed by atoms with Gasteiger partial charge < -0.3 is 0 Å². The van der Waals surface area contributed by atoms with Crippen LogP contribution in [-0.2, 0) is 16.2 Å². The molecule has 0 aromatic heterocycles. The van der Waals surface area contributed by atoms with E-state index in [1.165, 1.54) is 24.3 Å². The van der Waals surface area contributed by atoms with E-state index in [1.54, 1.807) is 24.3 Å². The second-order valence-corrected chi connectivity index (χ2v) is 16.0. The van der Waals surface area contributed by atoms with Crippen LogP contribution in [0.25, 0.3) is 98.0 Å². The SMILES string of the molecule is [2H]C([2H])([2H])C(c1cc2ccc3ccc(-c4ccc5c(c4)C(C)(C)c4cc(-c6ccc7ccc8cc(C(C([2H])([2H])[2H])(C([2H])([2H])[2H])C([2H])([2H])[2H])cc9ccc6c7c89)ccc4-5)c4ccc(c1)c2c34)(C([2H])([2H])[2H])C([2H])([2H])[2H]. The summed E-state index contributed by atoms with van der Waals surface area (Å²) in [5.74, 6) is 0. The summed E-state index contributed by atoms with van der Waals surface area (Å²) in [6, 6.07) is 41.6. The predicted molar refractivity (Wildman–Crippen MR) is 240 cm³/mol. The molecule has 0 saturated carbocycles. The second-order valence-electron chi connectivity index (χ2n) is 16.0. The molecule has 0 heterocycles. The van der Waals surface area contributed by atoms with Crippen molar-refractivity contribution in [3.63, 3.8) is 0 Å². The van der Waals surface area contributed by atoms with Crippen LogP contribution in [0.3, 0.4) is 0 Å². The normalized spacial score (nSPS) is 20.5. The number of hydrogen-bond acceptors (Lipinski definition) is 0. The lowest BCUT2D eigenvalue weighted by molar-refractivity contribution is 0.591. The molecule has 0 nitrogen and oxygen atoms in total. The maximum Gasteiger partial charge on any atom is 0.0239 e. The average Bonchev–Trinajstić information content (AvgIpc) is 3.48. The second kappa shape index (κ2) is 10.7. The molecule has 0 fully saturated rings. The Hall–Kier alpha value is -5.72. The summed E-state index contributed by atoms with van der Waals surface area (Å²) >= 11 is 0. The molecule has 10 aromatic rings. The van der Waals surface area contributed by atoms with Crippen molar-refractivity contribution in [3.8, 4) is 33.4 Å². The van der Waals surface area contributed by atoms with Crippen LogP contribution in [-0.4, -0.2) is 0 Å². The van der Waals surface area contributed by atoms with E-state index in [9.17, 15) is 0 Å². The van der Waals surface area contributed by atoms with E-state index in [-0.39, 0.29) is 11.1 Å². The minimum Gasteiger partial charge on any atom is -0.0561 e. The first-order valence-corrected chi connectivity index (χ1v) is 18.5. The summed E-state index contributed by atoms with van der Waals surface area (Å²) in [5.41, 5.74) is 0.951. The van der Waals surface area contributed by atoms with Gasteiger partial charge in [-0.15, -0.1) is 0 Å². The molecule has 0 unspecified atom stereocenters. The van der Waals surface area contributed by atoms with Crippen molar-refractivity contribution in [1.82, 2.24) is 0 Å². The third-order valence-electron chi connectivity index (χ3n) is 12.4. The van der Waals surface area contributed by atoms with Crippen LogP contribution < -0.4 is 0 Å². The summed E-state index contributed by atoms with van der Waals surface area (Å²) in [7, 11) is 0. The van der Waals surface area contributed by atoms with Gasteiger partial charge in [-0.2, -0.15) is 0 Å². The van der Waals surface area contributed by atoms with Gasteiger partial charge in [0.1, 0.15) is 0 Å². The molecule has 0 bridgehead atoms. The van der Waals surface area contributed by atoms with Gasteiger partial charge in [0.2, 0.25) is 0 Å². The van der Waals surface area contributed by atoms with Gasteiger partial charge in [0, 0.05) is 30.1 Å². The highest BCUT2D eigenvalue weighted by molar-refractivity contribution is 6.27. The third-order valence-corrected chi connectivity index (χ3v) is 12.4. The van der Waals surface area contributed by atoms with Gasteiger partial charge in [0.15, 0.2) is 0 Å². The zero-order valence-electron chi connectivity index (χ0n) is 48.2. The lowest BCUT2D eigenvalue weighted by atomic mass is 9.80. The minimum atomic E-state index is -3.39. The van der Waals surface area contributed by atoms with Gasteiger partial charge in [-0.25, -0.2) is 0 Å². The fourth-order valence-corrected chi connectivity index (χ4v) is 9.65. The molecule has 11 rings (SSSR count). The Kier molecular flexibility index (Phi) is 3.75. The van der Waals surface area contributed by atoms with E-state index < -0.39 is 57.4 Å². The summed E-state index contributed by atoms with van der Waals surface area (Å²) in [5, 5.41) is 9.10. The maximum absolute atomic E-state index is 8.35. The number of fused-ring (bicyclic) bond motifs is 3. The molecule has 0 radical (unpaired) electrons. The van der Waals surface area contributed by atoms with E-state index in [0.29, 0.717) is 21.5 Å². The molecule has 0 N–H and O–H groups in total. The average molecular weight is 725 g/mol. The molecule has 1 aliphatic carbocycles. The van der Waals surface area contributed by atoms with Crippen molar-refractivity contribution >= 4 is 64.6 Å². The Morgan fingerprint density at radius 3 is 1.11 bits per heavy atom. The third kappa shape index (κ3) is 4.58. The van der Waals surface area contributed by atoms with E-state index in [1.807, 2.05) is 36.4 Å². The quantitative estimate of drug-likeness (QED) is 0.156. The molecule has 0 saturated heterocycles. The maximum atomic E-state index is 8.35. The summed E-state index contributed by atoms with van der Waals surface area (Å²) in [4.78, 5) is 0. The van der Waals surface area contributed by atoms with Crippen molar-refractivity contribution in [2.45, 2.75) is 71.2 Å². The molecule has 10 aromatic carbocycles. The largest absolute Gasteiger partial charge is 0.0561 e. The highest BCUT2D eigenvalue weighted by Crippen LogP contribution is 2.52. The Balaban J connectivity index is 1.00. The lowest BCUT2D eigenvalue weighted by Gasteiger charge is -2.24. The van der Waals surface area contributed by atoms with Gasteiger partial charge in [0.05, 0.1) is 0 Å². The first-order valence-electron chi connectivity index (χ1n) is 27.5. The van der Waals surface area contributed by atoms with E-state index in [4.69, 9.17) is 24.7 Å². The Bertz CT molecular complexity index is 3550. The Labute approximate surface area is 349 Å². The number of rotatable bonds is 2. The first kappa shape index (κ1) is 19.2. The minimum absolute atomic E-state index is 0.288. The van der Waals surface area contributed by atoms with Crippen LogP contribution in [0, 0.1) is 0 Å². The first-order chi connectivity index (χ1) is 33.8. The van der Waals surface area contributed by atoms with Crippen LogP contribution in [0.1, 0.15) is 102 Å². The standard InChI is InChI=1S/C55H46/c1-53(2,3)39-25-35-11-9-31-13-19-41(45-23-17-37(27-39)49(35)51(31)45)33-15-21-43-44-22-16-34(30-48(44)55(7,8)47(43)29-33)42-20-14-32-10-12-36-26-40(54(4,5)6)28-38-18-24-46(42)52(32)50(36)38/h9-30H,1-8H3/i1D3,2D3,3D3,4D3,5D3,6D3. The molecule has 55 heavy (non-hydrogen) atoms. The molecule has 0 heteroatoms. The molecular formula is C55H46. The van der Waals surface area contributed by atoms with Crippen molar-refractivity contribution < 1.29 is 24.7 Å². The van der Waals surface area contributed by atoms with Crippen molar-refractivity contribution in [3.05, 3.63) is 156 Å². The van der Waals surface area contributed by atoms with E-state index in [0.717, 1.165) is 87.6 Å². The van der Waals surface area contributed by atoms with Gasteiger partial charge in [-0.1, -0.05) is 176 Å². The van der Waals surface area contributed by atoms with E-state index >= 15 is 0 Å². The zero-order valence-corrected chi connectivity index (χ0v) is 30.2. The molecule has 0 spiro atoms. The van der Waals surface area contributed by atoms with Crippen molar-refractivity contribution in [1.29, 1.82) is 0 Å². The van der Waals surface area contributed by atoms with E-state index in [2.05, 4.69) is 62.4 Å². The number of benzene rings is 10. The molecule has 0 amide bonds. The zero-order chi connectivity index (χ0) is 52.8. The summed E-state index contributed by atoms with van der Waals surface area (Å²) in [6.45, 7) is -16.0. The van der Waals surface area contributed by atoms with Gasteiger partial charge >= 0.3 is 0 Å². The van der Waals surface area contributed by atoms with Gasteiger partial charge in [-0.3, -0.25) is 0 Å². The molecule has 0 aliphatic heterocycles. The topological polar surface area (TPSA) is 0 Å². The molecule has 1 aliphatic rings. The van der Waals surface area contributed by atoms with Crippen molar-refractivity contribution in [2.24, 2.45) is 0 Å². The van der Waals surface area contributed by atoms with Crippen LogP contribution in [0.4, 0.5) is 0 Å². The van der Waals surface area contributed by atoms with Gasteiger partial charge in [-0.05, 0) is 143 Å². The number of hydrogen-bond donors (Lipinski definition) is 0.